The third kappa shape index (κ3) is 2.89. The Labute approximate surface area is 203 Å². The first-order valence-corrected chi connectivity index (χ1v) is 13.0. The third-order valence-corrected chi connectivity index (χ3v) is 8.81. The van der Waals surface area contributed by atoms with Gasteiger partial charge in [0.15, 0.2) is 6.20 Å². The zero-order valence-corrected chi connectivity index (χ0v) is 20.2. The molecule has 1 fully saturated rings. The van der Waals surface area contributed by atoms with Gasteiger partial charge in [0.25, 0.3) is 0 Å². The molecule has 0 atom stereocenters. The van der Waals surface area contributed by atoms with E-state index >= 15 is 0 Å². The Hall–Kier alpha value is -3.19. The van der Waals surface area contributed by atoms with Gasteiger partial charge in [-0.15, -0.1) is 0 Å². The maximum Gasteiger partial charge on any atom is 0.212 e. The Morgan fingerprint density at radius 1 is 0.647 bits per heavy atom. The Bertz CT molecular complexity index is 1380. The number of aromatic nitrogens is 1. The van der Waals surface area contributed by atoms with Crippen LogP contribution in [0.4, 0.5) is 0 Å². The van der Waals surface area contributed by atoms with Gasteiger partial charge in [0, 0.05) is 29.5 Å². The smallest absolute Gasteiger partial charge is 0.201 e. The van der Waals surface area contributed by atoms with E-state index in [0.29, 0.717) is 11.8 Å². The fourth-order valence-corrected chi connectivity index (χ4v) is 7.15. The summed E-state index contributed by atoms with van der Waals surface area (Å²) in [6.07, 6.45) is 9.12. The topological polar surface area (TPSA) is 3.88 Å². The summed E-state index contributed by atoms with van der Waals surface area (Å²) < 4.78 is 2.32. The van der Waals surface area contributed by atoms with Crippen LogP contribution in [-0.4, -0.2) is 0 Å². The van der Waals surface area contributed by atoms with E-state index in [2.05, 4.69) is 97.5 Å². The van der Waals surface area contributed by atoms with Crippen molar-refractivity contribution in [3.05, 3.63) is 124 Å². The molecule has 1 saturated carbocycles. The van der Waals surface area contributed by atoms with Gasteiger partial charge in [0.1, 0.15) is 7.05 Å². The van der Waals surface area contributed by atoms with Gasteiger partial charge in [-0.25, -0.2) is 4.57 Å². The van der Waals surface area contributed by atoms with Crippen LogP contribution in [0.5, 0.6) is 0 Å². The summed E-state index contributed by atoms with van der Waals surface area (Å²) >= 11 is 0. The van der Waals surface area contributed by atoms with Crippen molar-refractivity contribution in [3.8, 4) is 11.3 Å². The molecule has 8 rings (SSSR count). The molecular formula is C33H32N+. The summed E-state index contributed by atoms with van der Waals surface area (Å²) in [5.74, 6) is 1.41. The first-order valence-electron chi connectivity index (χ1n) is 13.0. The van der Waals surface area contributed by atoms with Crippen LogP contribution in [-0.2, 0) is 7.05 Å². The molecular weight excluding hydrogens is 410 g/mol. The highest BCUT2D eigenvalue weighted by Crippen LogP contribution is 2.56. The second-order valence-electron chi connectivity index (χ2n) is 10.7. The monoisotopic (exact) mass is 442 g/mol. The van der Waals surface area contributed by atoms with Crippen molar-refractivity contribution in [2.24, 2.45) is 7.05 Å². The molecule has 0 amide bonds. The highest BCUT2D eigenvalue weighted by Gasteiger charge is 2.41. The van der Waals surface area contributed by atoms with E-state index in [4.69, 9.17) is 0 Å². The lowest BCUT2D eigenvalue weighted by atomic mass is 9.60. The summed E-state index contributed by atoms with van der Waals surface area (Å²) in [4.78, 5) is 0. The first-order chi connectivity index (χ1) is 16.7. The van der Waals surface area contributed by atoms with E-state index < -0.39 is 0 Å². The summed E-state index contributed by atoms with van der Waals surface area (Å²) in [5.41, 5.74) is 14.7. The summed E-state index contributed by atoms with van der Waals surface area (Å²) in [6.45, 7) is 2.31. The van der Waals surface area contributed by atoms with Crippen molar-refractivity contribution in [3.63, 3.8) is 0 Å². The molecule has 1 nitrogen and oxygen atoms in total. The van der Waals surface area contributed by atoms with E-state index in [-0.39, 0.29) is 0 Å². The SMILES string of the molecule is Cc1cc2c(cc1-c1cc(C3CCCCC3)cc[n+]1C)C1c3ccccc3C2c2ccccc21. The Kier molecular flexibility index (Phi) is 4.56. The third-order valence-electron chi connectivity index (χ3n) is 8.81. The lowest BCUT2D eigenvalue weighted by molar-refractivity contribution is -0.660. The summed E-state index contributed by atoms with van der Waals surface area (Å²) in [5, 5.41) is 0. The minimum atomic E-state index is 0.332. The molecule has 168 valence electrons. The highest BCUT2D eigenvalue weighted by molar-refractivity contribution is 5.73. The quantitative estimate of drug-likeness (QED) is 0.244. The fraction of sp³-hybridized carbons (Fsp3) is 0.303. The van der Waals surface area contributed by atoms with E-state index in [0.717, 1.165) is 5.92 Å². The van der Waals surface area contributed by atoms with E-state index in [1.807, 2.05) is 0 Å². The van der Waals surface area contributed by atoms with Crippen LogP contribution in [0.3, 0.4) is 0 Å². The lowest BCUT2D eigenvalue weighted by Gasteiger charge is -2.42. The maximum absolute atomic E-state index is 2.54. The Morgan fingerprint density at radius 2 is 1.21 bits per heavy atom. The number of hydrogen-bond acceptors (Lipinski definition) is 0. The standard InChI is InChI=1S/C33H32N/c1-21-18-29-30(20-28(21)31-19-23(16-17-34(31)2)22-10-4-3-5-11-22)33-26-14-8-6-12-24(26)32(29)25-13-7-9-15-27(25)33/h6-9,12-20,22,32-33H,3-5,10-11H2,1-2H3/q+1. The molecule has 34 heavy (non-hydrogen) atoms. The second-order valence-corrected chi connectivity index (χ2v) is 10.7. The van der Waals surface area contributed by atoms with Crippen LogP contribution in [0, 0.1) is 6.92 Å². The second kappa shape index (κ2) is 7.67. The van der Waals surface area contributed by atoms with Gasteiger partial charge in [-0.3, -0.25) is 0 Å². The molecule has 0 spiro atoms. The Balaban J connectivity index is 1.41. The molecule has 4 aliphatic rings. The Morgan fingerprint density at radius 3 is 1.79 bits per heavy atom. The predicted molar refractivity (Wildman–Crippen MR) is 138 cm³/mol. The molecule has 4 aromatic rings. The van der Waals surface area contributed by atoms with E-state index in [1.165, 1.54) is 87.9 Å². The average molecular weight is 443 g/mol. The van der Waals surface area contributed by atoms with Crippen molar-refractivity contribution < 1.29 is 4.57 Å². The van der Waals surface area contributed by atoms with Crippen LogP contribution < -0.4 is 4.57 Å². The highest BCUT2D eigenvalue weighted by atomic mass is 14.9. The van der Waals surface area contributed by atoms with Crippen molar-refractivity contribution in [1.82, 2.24) is 0 Å². The van der Waals surface area contributed by atoms with Crippen LogP contribution in [0.15, 0.2) is 79.0 Å². The molecule has 3 aromatic carbocycles. The summed E-state index contributed by atoms with van der Waals surface area (Å²) in [7, 11) is 2.20. The molecule has 0 saturated heterocycles. The van der Waals surface area contributed by atoms with Gasteiger partial charge in [-0.2, -0.15) is 0 Å². The molecule has 4 aliphatic carbocycles. The lowest BCUT2D eigenvalue weighted by Crippen LogP contribution is -2.32. The van der Waals surface area contributed by atoms with Crippen molar-refractivity contribution in [2.75, 3.05) is 0 Å². The van der Waals surface area contributed by atoms with E-state index in [9.17, 15) is 0 Å². The average Bonchev–Trinajstić information content (AvgIpc) is 2.89. The van der Waals surface area contributed by atoms with Crippen molar-refractivity contribution >= 4 is 0 Å². The van der Waals surface area contributed by atoms with Gasteiger partial charge in [0.05, 0.1) is 0 Å². The molecule has 1 heterocycles. The zero-order valence-electron chi connectivity index (χ0n) is 20.2. The zero-order chi connectivity index (χ0) is 22.8. The first kappa shape index (κ1) is 20.2. The molecule has 0 aliphatic heterocycles. The number of hydrogen-bond donors (Lipinski definition) is 0. The normalized spacial score (nSPS) is 20.5. The minimum absolute atomic E-state index is 0.332. The van der Waals surface area contributed by atoms with Crippen molar-refractivity contribution in [1.29, 1.82) is 0 Å². The van der Waals surface area contributed by atoms with Crippen LogP contribution >= 0.6 is 0 Å². The molecule has 2 bridgehead atoms. The number of rotatable bonds is 2. The minimum Gasteiger partial charge on any atom is -0.201 e. The molecule has 0 unspecified atom stereocenters. The largest absolute Gasteiger partial charge is 0.212 e. The molecule has 1 aromatic heterocycles. The number of pyridine rings is 1. The fourth-order valence-electron chi connectivity index (χ4n) is 7.15. The van der Waals surface area contributed by atoms with Crippen molar-refractivity contribution in [2.45, 2.75) is 56.8 Å². The molecule has 1 heteroatoms. The van der Waals surface area contributed by atoms with Gasteiger partial charge in [0.2, 0.25) is 5.69 Å². The summed E-state index contributed by atoms with van der Waals surface area (Å²) in [6, 6.07) is 28.1. The van der Waals surface area contributed by atoms with Gasteiger partial charge in [-0.05, 0) is 76.3 Å². The molecule has 0 N–H and O–H groups in total. The predicted octanol–water partition coefficient (Wildman–Crippen LogP) is 7.52. The maximum atomic E-state index is 2.54. The number of aryl methyl sites for hydroxylation is 2. The van der Waals surface area contributed by atoms with Gasteiger partial charge >= 0.3 is 0 Å². The van der Waals surface area contributed by atoms with E-state index in [1.54, 1.807) is 0 Å². The van der Waals surface area contributed by atoms with Gasteiger partial charge < -0.3 is 0 Å². The van der Waals surface area contributed by atoms with Crippen LogP contribution in [0.25, 0.3) is 11.3 Å². The van der Waals surface area contributed by atoms with Crippen LogP contribution in [0.2, 0.25) is 0 Å². The van der Waals surface area contributed by atoms with Crippen LogP contribution in [0.1, 0.15) is 94.4 Å². The molecule has 0 radical (unpaired) electrons. The number of benzene rings is 3. The number of nitrogens with zero attached hydrogens (tertiary/aromatic N) is 1. The van der Waals surface area contributed by atoms with Gasteiger partial charge in [-0.1, -0.05) is 73.9 Å².